The van der Waals surface area contributed by atoms with E-state index < -0.39 is 29.7 Å². The van der Waals surface area contributed by atoms with Gasteiger partial charge in [-0.2, -0.15) is 0 Å². The summed E-state index contributed by atoms with van der Waals surface area (Å²) in [5.41, 5.74) is 2.64. The van der Waals surface area contributed by atoms with E-state index in [1.165, 1.54) is 17.0 Å². The standard InChI is InChI=1S/C30H43N3O5/c1-9-10-21(4)31-27(35)26(24-16-11-19(2)17-20(24)3)33(8)28(36)25(32-29(37)38-30(5,6)7)18-22-12-14-23(34)15-13-22/h11-17,21,25-26,34H,9-10,18H2,1-8H3,(H,31,35)(H,32,37). The van der Waals surface area contributed by atoms with Crippen LogP contribution in [0.1, 0.15) is 75.8 Å². The van der Waals surface area contributed by atoms with Crippen LogP contribution in [0.25, 0.3) is 0 Å². The zero-order valence-electron chi connectivity index (χ0n) is 23.9. The third-order valence-corrected chi connectivity index (χ3v) is 6.18. The highest BCUT2D eigenvalue weighted by atomic mass is 16.6. The molecule has 8 heteroatoms. The van der Waals surface area contributed by atoms with Crippen molar-refractivity contribution in [2.45, 2.75) is 91.5 Å². The molecule has 3 amide bonds. The topological polar surface area (TPSA) is 108 Å². The number of phenolic OH excluding ortho intramolecular Hbond substituents is 1. The van der Waals surface area contributed by atoms with Crippen molar-refractivity contribution in [2.75, 3.05) is 7.05 Å². The van der Waals surface area contributed by atoms with Gasteiger partial charge in [-0.1, -0.05) is 49.2 Å². The van der Waals surface area contributed by atoms with Crippen LogP contribution in [0.2, 0.25) is 0 Å². The number of likely N-dealkylation sites (N-methyl/N-ethyl adjacent to an activating group) is 1. The molecule has 0 radical (unpaired) electrons. The maximum absolute atomic E-state index is 14.0. The highest BCUT2D eigenvalue weighted by Gasteiger charge is 2.35. The van der Waals surface area contributed by atoms with Gasteiger partial charge in [-0.05, 0) is 76.8 Å². The van der Waals surface area contributed by atoms with Gasteiger partial charge in [0.1, 0.15) is 23.4 Å². The molecule has 8 nitrogen and oxygen atoms in total. The maximum Gasteiger partial charge on any atom is 0.408 e. The van der Waals surface area contributed by atoms with E-state index >= 15 is 0 Å². The lowest BCUT2D eigenvalue weighted by Gasteiger charge is -2.33. The molecule has 38 heavy (non-hydrogen) atoms. The largest absolute Gasteiger partial charge is 0.508 e. The summed E-state index contributed by atoms with van der Waals surface area (Å²) < 4.78 is 5.42. The zero-order valence-corrected chi connectivity index (χ0v) is 23.9. The Bertz CT molecular complexity index is 1110. The van der Waals surface area contributed by atoms with Crippen molar-refractivity contribution in [1.29, 1.82) is 0 Å². The molecule has 3 unspecified atom stereocenters. The predicted molar refractivity (Wildman–Crippen MR) is 149 cm³/mol. The number of rotatable bonds is 10. The van der Waals surface area contributed by atoms with Crippen molar-refractivity contribution in [3.8, 4) is 5.75 Å². The van der Waals surface area contributed by atoms with Crippen molar-refractivity contribution >= 4 is 17.9 Å². The molecule has 0 spiro atoms. The Morgan fingerprint density at radius 1 is 1.03 bits per heavy atom. The van der Waals surface area contributed by atoms with Crippen LogP contribution in [0.5, 0.6) is 5.75 Å². The lowest BCUT2D eigenvalue weighted by atomic mass is 9.96. The van der Waals surface area contributed by atoms with E-state index in [4.69, 9.17) is 4.74 Å². The molecule has 208 valence electrons. The highest BCUT2D eigenvalue weighted by Crippen LogP contribution is 2.26. The van der Waals surface area contributed by atoms with Gasteiger partial charge in [0.15, 0.2) is 0 Å². The zero-order chi connectivity index (χ0) is 28.6. The summed E-state index contributed by atoms with van der Waals surface area (Å²) in [6.45, 7) is 13.1. The second-order valence-electron chi connectivity index (χ2n) is 11.0. The Morgan fingerprint density at radius 2 is 1.66 bits per heavy atom. The molecule has 0 saturated heterocycles. The molecule has 2 rings (SSSR count). The molecule has 0 aliphatic rings. The number of aromatic hydroxyl groups is 1. The van der Waals surface area contributed by atoms with Gasteiger partial charge in [0, 0.05) is 19.5 Å². The first-order chi connectivity index (χ1) is 17.7. The molecular weight excluding hydrogens is 482 g/mol. The number of aryl methyl sites for hydroxylation is 2. The molecule has 0 aliphatic heterocycles. The van der Waals surface area contributed by atoms with Gasteiger partial charge in [0.2, 0.25) is 11.8 Å². The van der Waals surface area contributed by atoms with E-state index in [-0.39, 0.29) is 24.1 Å². The highest BCUT2D eigenvalue weighted by molar-refractivity contribution is 5.92. The average Bonchev–Trinajstić information content (AvgIpc) is 2.80. The van der Waals surface area contributed by atoms with Gasteiger partial charge < -0.3 is 25.4 Å². The first kappa shape index (κ1) is 30.7. The Balaban J connectivity index is 2.45. The van der Waals surface area contributed by atoms with Crippen molar-refractivity contribution in [3.63, 3.8) is 0 Å². The normalized spacial score (nSPS) is 13.7. The van der Waals surface area contributed by atoms with Crippen LogP contribution >= 0.6 is 0 Å². The number of carbonyl (C=O) groups excluding carboxylic acids is 3. The predicted octanol–water partition coefficient (Wildman–Crippen LogP) is 4.95. The SMILES string of the molecule is CCCC(C)NC(=O)C(c1ccc(C)cc1C)N(C)C(=O)C(Cc1ccc(O)cc1)NC(=O)OC(C)(C)C. The van der Waals surface area contributed by atoms with Crippen LogP contribution < -0.4 is 10.6 Å². The number of phenols is 1. The van der Waals surface area contributed by atoms with Gasteiger partial charge in [-0.25, -0.2) is 4.79 Å². The van der Waals surface area contributed by atoms with Gasteiger partial charge in [0.05, 0.1) is 0 Å². The number of hydrogen-bond donors (Lipinski definition) is 3. The van der Waals surface area contributed by atoms with Crippen LogP contribution in [-0.4, -0.2) is 52.6 Å². The Morgan fingerprint density at radius 3 is 2.21 bits per heavy atom. The second-order valence-corrected chi connectivity index (χ2v) is 11.0. The van der Waals surface area contributed by atoms with E-state index in [2.05, 4.69) is 17.6 Å². The Hall–Kier alpha value is -3.55. The maximum atomic E-state index is 14.0. The van der Waals surface area contributed by atoms with E-state index in [1.807, 2.05) is 39.0 Å². The second kappa shape index (κ2) is 13.3. The van der Waals surface area contributed by atoms with Gasteiger partial charge >= 0.3 is 6.09 Å². The number of alkyl carbamates (subject to hydrolysis) is 1. The Labute approximate surface area is 226 Å². The minimum Gasteiger partial charge on any atom is -0.508 e. The molecule has 0 saturated carbocycles. The number of carbonyl (C=O) groups is 3. The van der Waals surface area contributed by atoms with Gasteiger partial charge in [-0.15, -0.1) is 0 Å². The van der Waals surface area contributed by atoms with E-state index in [1.54, 1.807) is 40.0 Å². The summed E-state index contributed by atoms with van der Waals surface area (Å²) in [6, 6.07) is 10.2. The fourth-order valence-corrected chi connectivity index (χ4v) is 4.38. The van der Waals surface area contributed by atoms with Gasteiger partial charge in [-0.3, -0.25) is 9.59 Å². The number of nitrogens with one attached hydrogen (secondary N) is 2. The molecule has 2 aromatic carbocycles. The average molecular weight is 526 g/mol. The minimum atomic E-state index is -1.01. The molecule has 0 heterocycles. The van der Waals surface area contributed by atoms with E-state index in [9.17, 15) is 19.5 Å². The first-order valence-corrected chi connectivity index (χ1v) is 13.1. The van der Waals surface area contributed by atoms with Crippen LogP contribution in [0, 0.1) is 13.8 Å². The molecular formula is C30H43N3O5. The van der Waals surface area contributed by atoms with Crippen molar-refractivity contribution < 1.29 is 24.2 Å². The van der Waals surface area contributed by atoms with Crippen LogP contribution in [0.3, 0.4) is 0 Å². The third kappa shape index (κ3) is 9.08. The molecule has 2 aromatic rings. The number of amides is 3. The van der Waals surface area contributed by atoms with Crippen molar-refractivity contribution in [2.24, 2.45) is 0 Å². The molecule has 0 fully saturated rings. The number of ether oxygens (including phenoxy) is 1. The summed E-state index contributed by atoms with van der Waals surface area (Å²) in [6.07, 6.45) is 1.15. The number of nitrogens with zero attached hydrogens (tertiary/aromatic N) is 1. The third-order valence-electron chi connectivity index (χ3n) is 6.18. The monoisotopic (exact) mass is 525 g/mol. The lowest BCUT2D eigenvalue weighted by Crippen LogP contribution is -2.53. The van der Waals surface area contributed by atoms with Crippen LogP contribution in [0.4, 0.5) is 4.79 Å². The lowest BCUT2D eigenvalue weighted by molar-refractivity contribution is -0.141. The molecule has 3 atom stereocenters. The molecule has 3 N–H and O–H groups in total. The van der Waals surface area contributed by atoms with Crippen LogP contribution in [0.15, 0.2) is 42.5 Å². The first-order valence-electron chi connectivity index (χ1n) is 13.1. The summed E-state index contributed by atoms with van der Waals surface area (Å²) in [5.74, 6) is -0.622. The fourth-order valence-electron chi connectivity index (χ4n) is 4.38. The van der Waals surface area contributed by atoms with Crippen LogP contribution in [-0.2, 0) is 20.7 Å². The smallest absolute Gasteiger partial charge is 0.408 e. The summed E-state index contributed by atoms with van der Waals surface area (Å²) in [5, 5.41) is 15.4. The fraction of sp³-hybridized carbons (Fsp3) is 0.500. The molecule has 0 aliphatic carbocycles. The van der Waals surface area contributed by atoms with E-state index in [0.29, 0.717) is 5.56 Å². The minimum absolute atomic E-state index is 0.0584. The summed E-state index contributed by atoms with van der Waals surface area (Å²) in [4.78, 5) is 41.6. The molecule has 0 bridgehead atoms. The summed E-state index contributed by atoms with van der Waals surface area (Å²) in [7, 11) is 1.58. The number of hydrogen-bond acceptors (Lipinski definition) is 5. The van der Waals surface area contributed by atoms with Crippen molar-refractivity contribution in [1.82, 2.24) is 15.5 Å². The van der Waals surface area contributed by atoms with Gasteiger partial charge in [0.25, 0.3) is 0 Å². The Kier molecular flexibility index (Phi) is 10.7. The van der Waals surface area contributed by atoms with Crippen molar-refractivity contribution in [3.05, 3.63) is 64.7 Å². The molecule has 0 aromatic heterocycles. The quantitative estimate of drug-likeness (QED) is 0.407. The number of benzene rings is 2. The van der Waals surface area contributed by atoms with E-state index in [0.717, 1.165) is 29.5 Å². The summed E-state index contributed by atoms with van der Waals surface area (Å²) >= 11 is 0.